The van der Waals surface area contributed by atoms with E-state index in [1.165, 1.54) is 0 Å². The SMILES string of the molecule is O=C(O)CC1(NC(=O)c2cc3ccccc3c(=O)[nH]2)CCOCC1. The second kappa shape index (κ2) is 6.45. The van der Waals surface area contributed by atoms with Crippen LogP contribution < -0.4 is 10.9 Å². The Balaban J connectivity index is 1.90. The number of carbonyl (C=O) groups is 2. The number of amides is 1. The highest BCUT2D eigenvalue weighted by Gasteiger charge is 2.36. The van der Waals surface area contributed by atoms with Crippen molar-refractivity contribution in [1.29, 1.82) is 0 Å². The summed E-state index contributed by atoms with van der Waals surface area (Å²) in [6.07, 6.45) is 0.658. The fourth-order valence-corrected chi connectivity index (χ4v) is 3.04. The number of nitrogens with one attached hydrogen (secondary N) is 2. The second-order valence-corrected chi connectivity index (χ2v) is 6.02. The van der Waals surface area contributed by atoms with E-state index in [4.69, 9.17) is 9.84 Å². The lowest BCUT2D eigenvalue weighted by molar-refractivity contribution is -0.139. The molecule has 2 aromatic rings. The van der Waals surface area contributed by atoms with Crippen molar-refractivity contribution in [2.45, 2.75) is 24.8 Å². The Kier molecular flexibility index (Phi) is 4.35. The number of aliphatic carboxylic acids is 1. The van der Waals surface area contributed by atoms with Gasteiger partial charge >= 0.3 is 5.97 Å². The van der Waals surface area contributed by atoms with E-state index in [1.54, 1.807) is 30.3 Å². The van der Waals surface area contributed by atoms with Crippen molar-refractivity contribution in [3.63, 3.8) is 0 Å². The molecule has 3 rings (SSSR count). The number of fused-ring (bicyclic) bond motifs is 1. The first-order chi connectivity index (χ1) is 11.5. The quantitative estimate of drug-likeness (QED) is 0.782. The molecule has 0 bridgehead atoms. The minimum absolute atomic E-state index is 0.120. The van der Waals surface area contributed by atoms with Crippen LogP contribution in [0.1, 0.15) is 29.8 Å². The molecule has 3 N–H and O–H groups in total. The van der Waals surface area contributed by atoms with Crippen LogP contribution in [-0.2, 0) is 9.53 Å². The van der Waals surface area contributed by atoms with Crippen molar-refractivity contribution in [3.05, 3.63) is 46.4 Å². The lowest BCUT2D eigenvalue weighted by Gasteiger charge is -2.36. The number of aromatic amines is 1. The van der Waals surface area contributed by atoms with E-state index in [0.717, 1.165) is 0 Å². The summed E-state index contributed by atoms with van der Waals surface area (Å²) in [7, 11) is 0. The van der Waals surface area contributed by atoms with Crippen molar-refractivity contribution in [3.8, 4) is 0 Å². The van der Waals surface area contributed by atoms with Gasteiger partial charge in [0.25, 0.3) is 11.5 Å². The molecule has 7 nitrogen and oxygen atoms in total. The Bertz CT molecular complexity index is 836. The molecule has 1 amide bonds. The van der Waals surface area contributed by atoms with Crippen LogP contribution in [0, 0.1) is 0 Å². The zero-order chi connectivity index (χ0) is 17.2. The van der Waals surface area contributed by atoms with Gasteiger partial charge in [-0.05, 0) is 30.4 Å². The van der Waals surface area contributed by atoms with Gasteiger partial charge in [-0.2, -0.15) is 0 Å². The number of hydrogen-bond donors (Lipinski definition) is 3. The predicted octanol–water partition coefficient (Wildman–Crippen LogP) is 1.28. The third-order valence-electron chi connectivity index (χ3n) is 4.32. The Hall–Kier alpha value is -2.67. The van der Waals surface area contributed by atoms with Crippen molar-refractivity contribution >= 4 is 22.6 Å². The first kappa shape index (κ1) is 16.2. The molecular formula is C17H18N2O5. The minimum Gasteiger partial charge on any atom is -0.481 e. The first-order valence-corrected chi connectivity index (χ1v) is 7.73. The number of benzene rings is 1. The van der Waals surface area contributed by atoms with Crippen molar-refractivity contribution in [1.82, 2.24) is 10.3 Å². The van der Waals surface area contributed by atoms with E-state index < -0.39 is 17.4 Å². The standard InChI is InChI=1S/C17H18N2O5/c20-14(21)10-17(5-7-24-8-6-17)19-16(23)13-9-11-3-1-2-4-12(11)15(22)18-13/h1-4,9H,5-8,10H2,(H,18,22)(H,19,23)(H,20,21). The van der Waals surface area contributed by atoms with Crippen molar-refractivity contribution in [2.24, 2.45) is 0 Å². The maximum absolute atomic E-state index is 12.6. The van der Waals surface area contributed by atoms with E-state index in [2.05, 4.69) is 10.3 Å². The van der Waals surface area contributed by atoms with Crippen LogP contribution in [0.5, 0.6) is 0 Å². The molecule has 0 spiro atoms. The summed E-state index contributed by atoms with van der Waals surface area (Å²) in [5, 5.41) is 13.1. The maximum atomic E-state index is 12.6. The van der Waals surface area contributed by atoms with E-state index in [0.29, 0.717) is 36.8 Å². The monoisotopic (exact) mass is 330 g/mol. The third-order valence-corrected chi connectivity index (χ3v) is 4.32. The van der Waals surface area contributed by atoms with Crippen LogP contribution in [0.15, 0.2) is 35.1 Å². The molecule has 1 aliphatic rings. The number of carbonyl (C=O) groups excluding carboxylic acids is 1. The lowest BCUT2D eigenvalue weighted by Crippen LogP contribution is -2.53. The number of H-pyrrole nitrogens is 1. The summed E-state index contributed by atoms with van der Waals surface area (Å²) >= 11 is 0. The van der Waals surface area contributed by atoms with Crippen LogP contribution in [0.25, 0.3) is 10.8 Å². The Morgan fingerprint density at radius 1 is 1.25 bits per heavy atom. The number of aromatic nitrogens is 1. The molecule has 126 valence electrons. The predicted molar refractivity (Wildman–Crippen MR) is 87.1 cm³/mol. The molecule has 1 aromatic carbocycles. The summed E-state index contributed by atoms with van der Waals surface area (Å²) < 4.78 is 5.27. The van der Waals surface area contributed by atoms with E-state index in [-0.39, 0.29) is 17.7 Å². The van der Waals surface area contributed by atoms with Gasteiger partial charge in [-0.3, -0.25) is 14.4 Å². The van der Waals surface area contributed by atoms with E-state index in [1.807, 2.05) is 0 Å². The van der Waals surface area contributed by atoms with Crippen LogP contribution in [-0.4, -0.2) is 40.7 Å². The molecule has 0 atom stereocenters. The van der Waals surface area contributed by atoms with Gasteiger partial charge in [0.05, 0.1) is 12.0 Å². The molecule has 7 heteroatoms. The highest BCUT2D eigenvalue weighted by molar-refractivity contribution is 5.96. The average Bonchev–Trinajstić information content (AvgIpc) is 2.54. The molecule has 0 radical (unpaired) electrons. The lowest BCUT2D eigenvalue weighted by atomic mass is 9.86. The maximum Gasteiger partial charge on any atom is 0.305 e. The molecular weight excluding hydrogens is 312 g/mol. The Morgan fingerprint density at radius 2 is 1.96 bits per heavy atom. The number of pyridine rings is 1. The summed E-state index contributed by atoms with van der Waals surface area (Å²) in [6, 6.07) is 8.57. The van der Waals surface area contributed by atoms with Crippen LogP contribution in [0.2, 0.25) is 0 Å². The average molecular weight is 330 g/mol. The van der Waals surface area contributed by atoms with E-state index >= 15 is 0 Å². The largest absolute Gasteiger partial charge is 0.481 e. The molecule has 1 saturated heterocycles. The third kappa shape index (κ3) is 3.30. The summed E-state index contributed by atoms with van der Waals surface area (Å²) in [5.74, 6) is -1.47. The Labute approximate surface area is 137 Å². The van der Waals surface area contributed by atoms with Crippen LogP contribution in [0.3, 0.4) is 0 Å². The van der Waals surface area contributed by atoms with Crippen LogP contribution in [0.4, 0.5) is 0 Å². The number of carboxylic acids is 1. The van der Waals surface area contributed by atoms with Gasteiger partial charge in [0.15, 0.2) is 0 Å². The van der Waals surface area contributed by atoms with Gasteiger partial charge in [-0.15, -0.1) is 0 Å². The smallest absolute Gasteiger partial charge is 0.305 e. The van der Waals surface area contributed by atoms with Gasteiger partial charge in [-0.1, -0.05) is 18.2 Å². The van der Waals surface area contributed by atoms with Crippen molar-refractivity contribution in [2.75, 3.05) is 13.2 Å². The molecule has 2 heterocycles. The highest BCUT2D eigenvalue weighted by Crippen LogP contribution is 2.25. The molecule has 0 saturated carbocycles. The number of ether oxygens (including phenoxy) is 1. The number of hydrogen-bond acceptors (Lipinski definition) is 4. The normalized spacial score (nSPS) is 16.7. The van der Waals surface area contributed by atoms with E-state index in [9.17, 15) is 14.4 Å². The fourth-order valence-electron chi connectivity index (χ4n) is 3.04. The van der Waals surface area contributed by atoms with Crippen molar-refractivity contribution < 1.29 is 19.4 Å². The fraction of sp³-hybridized carbons (Fsp3) is 0.353. The van der Waals surface area contributed by atoms with Gasteiger partial charge in [-0.25, -0.2) is 0 Å². The molecule has 0 aliphatic carbocycles. The highest BCUT2D eigenvalue weighted by atomic mass is 16.5. The number of carboxylic acid groups (broad SMARTS) is 1. The van der Waals surface area contributed by atoms with Gasteiger partial charge in [0.1, 0.15) is 5.69 Å². The zero-order valence-corrected chi connectivity index (χ0v) is 13.0. The second-order valence-electron chi connectivity index (χ2n) is 6.02. The molecule has 0 unspecified atom stereocenters. The topological polar surface area (TPSA) is 108 Å². The molecule has 1 aromatic heterocycles. The Morgan fingerprint density at radius 3 is 2.67 bits per heavy atom. The van der Waals surface area contributed by atoms with Gasteiger partial charge in [0, 0.05) is 18.6 Å². The van der Waals surface area contributed by atoms with Gasteiger partial charge < -0.3 is 20.1 Å². The first-order valence-electron chi connectivity index (χ1n) is 7.73. The number of rotatable bonds is 4. The molecule has 24 heavy (non-hydrogen) atoms. The van der Waals surface area contributed by atoms with Crippen LogP contribution >= 0.6 is 0 Å². The van der Waals surface area contributed by atoms with Gasteiger partial charge in [0.2, 0.25) is 0 Å². The molecule has 1 aliphatic heterocycles. The zero-order valence-electron chi connectivity index (χ0n) is 13.0. The molecule has 1 fully saturated rings. The summed E-state index contributed by atoms with van der Waals surface area (Å²) in [5.41, 5.74) is -1.09. The summed E-state index contributed by atoms with van der Waals surface area (Å²) in [4.78, 5) is 38.4. The summed E-state index contributed by atoms with van der Waals surface area (Å²) in [6.45, 7) is 0.781. The minimum atomic E-state index is -0.982.